The molecule has 0 bridgehead atoms. The van der Waals surface area contributed by atoms with Crippen LogP contribution in [0, 0.1) is 22.7 Å². The predicted molar refractivity (Wildman–Crippen MR) is 171 cm³/mol. The molecule has 0 saturated heterocycles. The first kappa shape index (κ1) is 31.9. The molecule has 0 aliphatic heterocycles. The van der Waals surface area contributed by atoms with E-state index in [0.717, 1.165) is 19.3 Å². The quantitative estimate of drug-likeness (QED) is 0.267. The number of ketones is 1. The first-order valence-electron chi connectivity index (χ1n) is 15.4. The molecule has 224 valence electrons. The molecule has 0 aromatic heterocycles. The van der Waals surface area contributed by atoms with Crippen molar-refractivity contribution in [2.24, 2.45) is 22.7 Å². The molecule has 2 fully saturated rings. The zero-order chi connectivity index (χ0) is 30.3. The van der Waals surface area contributed by atoms with Gasteiger partial charge in [-0.1, -0.05) is 115 Å². The number of aliphatic hydroxyl groups excluding tert-OH is 1. The molecule has 0 amide bonds. The third-order valence-electron chi connectivity index (χ3n) is 10.4. The lowest BCUT2D eigenvalue weighted by Gasteiger charge is -2.58. The molecular weight excluding hydrogens is 524 g/mol. The molecule has 2 saturated carbocycles. The number of carbonyl (C=O) groups excluding carboxylic acids is 1. The fraction of sp³-hybridized carbons (Fsp3) is 0.583. The highest BCUT2D eigenvalue weighted by molar-refractivity contribution is 6.99. The van der Waals surface area contributed by atoms with Crippen LogP contribution in [-0.4, -0.2) is 42.6 Å². The normalized spacial score (nSPS) is 28.0. The Labute approximate surface area is 249 Å². The van der Waals surface area contributed by atoms with Crippen LogP contribution in [0.25, 0.3) is 0 Å². The molecule has 0 radical (unpaired) electrons. The topological polar surface area (TPSA) is 66.8 Å². The van der Waals surface area contributed by atoms with E-state index < -0.39 is 25.9 Å². The Bertz CT molecular complexity index is 1170. The van der Waals surface area contributed by atoms with Crippen molar-refractivity contribution < 1.29 is 19.4 Å². The molecular formula is C36H52O4Si. The van der Waals surface area contributed by atoms with Crippen LogP contribution >= 0.6 is 0 Å². The maximum atomic E-state index is 14.0. The average molecular weight is 577 g/mol. The predicted octanol–water partition coefficient (Wildman–Crippen LogP) is 6.43. The Morgan fingerprint density at radius 3 is 2.02 bits per heavy atom. The Balaban J connectivity index is 1.56. The number of carbonyl (C=O) groups is 1. The van der Waals surface area contributed by atoms with Gasteiger partial charge in [-0.3, -0.25) is 4.79 Å². The van der Waals surface area contributed by atoms with Crippen LogP contribution in [0.3, 0.4) is 0 Å². The maximum absolute atomic E-state index is 14.0. The molecule has 5 atom stereocenters. The summed E-state index contributed by atoms with van der Waals surface area (Å²) in [5, 5.41) is 24.8. The minimum atomic E-state index is -2.74. The largest absolute Gasteiger partial charge is 0.407 e. The highest BCUT2D eigenvalue weighted by atomic mass is 28.4. The Morgan fingerprint density at radius 2 is 1.51 bits per heavy atom. The van der Waals surface area contributed by atoms with E-state index in [-0.39, 0.29) is 34.0 Å². The first-order valence-corrected chi connectivity index (χ1v) is 17.3. The summed E-state index contributed by atoms with van der Waals surface area (Å²) in [5.41, 5.74) is -0.803. The Morgan fingerprint density at radius 1 is 0.976 bits per heavy atom. The summed E-state index contributed by atoms with van der Waals surface area (Å²) < 4.78 is 7.01. The summed E-state index contributed by atoms with van der Waals surface area (Å²) in [6, 6.07) is 21.0. The SMILES string of the molecule is C=C1[C@H](C(=O)C[C@@](C)(O)CCO[Si](c2ccccc2)(c2ccccc2)C(C)(C)C)[C@@]2(C)CCCC(C)(C)[C@@H]2C[C@H]1O. The Kier molecular flexibility index (Phi) is 8.98. The molecule has 41 heavy (non-hydrogen) atoms. The van der Waals surface area contributed by atoms with Gasteiger partial charge in [0.2, 0.25) is 0 Å². The lowest BCUT2D eigenvalue weighted by molar-refractivity contribution is -0.142. The van der Waals surface area contributed by atoms with E-state index in [0.29, 0.717) is 25.0 Å². The van der Waals surface area contributed by atoms with Gasteiger partial charge < -0.3 is 14.6 Å². The van der Waals surface area contributed by atoms with Crippen molar-refractivity contribution in [1.82, 2.24) is 0 Å². The van der Waals surface area contributed by atoms with Gasteiger partial charge in [0.05, 0.1) is 11.7 Å². The minimum Gasteiger partial charge on any atom is -0.407 e. The summed E-state index contributed by atoms with van der Waals surface area (Å²) in [4.78, 5) is 14.0. The van der Waals surface area contributed by atoms with E-state index in [2.05, 4.69) is 96.7 Å². The number of benzene rings is 2. The maximum Gasteiger partial charge on any atom is 0.261 e. The van der Waals surface area contributed by atoms with E-state index in [1.807, 2.05) is 12.1 Å². The van der Waals surface area contributed by atoms with Gasteiger partial charge >= 0.3 is 0 Å². The number of hydrogen-bond acceptors (Lipinski definition) is 4. The van der Waals surface area contributed by atoms with E-state index in [1.165, 1.54) is 10.4 Å². The fourth-order valence-electron chi connectivity index (χ4n) is 8.42. The van der Waals surface area contributed by atoms with Crippen molar-refractivity contribution >= 4 is 24.5 Å². The molecule has 2 aliphatic rings. The summed E-state index contributed by atoms with van der Waals surface area (Å²) in [5.74, 6) is -0.212. The molecule has 2 aromatic carbocycles. The zero-order valence-corrected chi connectivity index (χ0v) is 27.4. The molecule has 5 heteroatoms. The van der Waals surface area contributed by atoms with Crippen molar-refractivity contribution in [2.75, 3.05) is 6.61 Å². The molecule has 0 spiro atoms. The lowest BCUT2D eigenvalue weighted by atomic mass is 9.46. The number of fused-ring (bicyclic) bond motifs is 1. The van der Waals surface area contributed by atoms with Crippen LogP contribution < -0.4 is 10.4 Å². The van der Waals surface area contributed by atoms with Crippen LogP contribution in [0.5, 0.6) is 0 Å². The molecule has 4 rings (SSSR count). The molecule has 2 N–H and O–H groups in total. The van der Waals surface area contributed by atoms with Crippen molar-refractivity contribution in [2.45, 2.75) is 104 Å². The van der Waals surface area contributed by atoms with Crippen LogP contribution in [-0.2, 0) is 9.22 Å². The van der Waals surface area contributed by atoms with Crippen LogP contribution in [0.1, 0.15) is 87.0 Å². The highest BCUT2D eigenvalue weighted by Gasteiger charge is 2.57. The van der Waals surface area contributed by atoms with Gasteiger partial charge in [0.25, 0.3) is 8.32 Å². The van der Waals surface area contributed by atoms with Crippen LogP contribution in [0.2, 0.25) is 5.04 Å². The van der Waals surface area contributed by atoms with Crippen LogP contribution in [0.15, 0.2) is 72.8 Å². The second-order valence-corrected chi connectivity index (χ2v) is 19.4. The fourth-order valence-corrected chi connectivity index (χ4v) is 13.0. The second-order valence-electron chi connectivity index (χ2n) is 15.1. The molecule has 0 unspecified atom stereocenters. The molecule has 2 aromatic rings. The summed E-state index contributed by atoms with van der Waals surface area (Å²) in [6.45, 7) is 19.8. The zero-order valence-electron chi connectivity index (χ0n) is 26.4. The van der Waals surface area contributed by atoms with E-state index >= 15 is 0 Å². The van der Waals surface area contributed by atoms with Gasteiger partial charge in [-0.15, -0.1) is 0 Å². The third kappa shape index (κ3) is 6.06. The van der Waals surface area contributed by atoms with Crippen molar-refractivity contribution in [3.8, 4) is 0 Å². The first-order chi connectivity index (χ1) is 19.1. The third-order valence-corrected chi connectivity index (χ3v) is 15.5. The molecule has 0 heterocycles. The lowest BCUT2D eigenvalue weighted by Crippen LogP contribution is -2.66. The Hall–Kier alpha value is -2.05. The van der Waals surface area contributed by atoms with Gasteiger partial charge in [-0.2, -0.15) is 0 Å². The van der Waals surface area contributed by atoms with Crippen molar-refractivity contribution in [3.05, 3.63) is 72.8 Å². The van der Waals surface area contributed by atoms with Gasteiger partial charge in [0.1, 0.15) is 5.78 Å². The molecule has 2 aliphatic carbocycles. The number of Topliss-reactive ketones (excluding diaryl/α,β-unsaturated/α-hetero) is 1. The summed E-state index contributed by atoms with van der Waals surface area (Å²) >= 11 is 0. The second kappa shape index (κ2) is 11.6. The van der Waals surface area contributed by atoms with Crippen molar-refractivity contribution in [1.29, 1.82) is 0 Å². The van der Waals surface area contributed by atoms with Gasteiger partial charge in [-0.25, -0.2) is 0 Å². The van der Waals surface area contributed by atoms with E-state index in [1.54, 1.807) is 6.92 Å². The average Bonchev–Trinajstić information content (AvgIpc) is 2.88. The van der Waals surface area contributed by atoms with Gasteiger partial charge in [0.15, 0.2) is 0 Å². The minimum absolute atomic E-state index is 0.00519. The standard InChI is InChI=1S/C36H52O4Si/c1-26-29(37)24-31-34(5,6)20-15-21-36(31,8)32(26)30(38)25-35(7,39)22-23-40-41(33(2,3)4,27-16-11-9-12-17-27)28-18-13-10-14-19-28/h9-14,16-19,29,31-32,37,39H,1,15,20-25H2,2-8H3/t29-,31+,32-,35+,36+/m1/s1. The van der Waals surface area contributed by atoms with Crippen LogP contribution in [0.4, 0.5) is 0 Å². The van der Waals surface area contributed by atoms with Crippen molar-refractivity contribution in [3.63, 3.8) is 0 Å². The van der Waals surface area contributed by atoms with Gasteiger partial charge in [0, 0.05) is 18.9 Å². The smallest absolute Gasteiger partial charge is 0.261 e. The van der Waals surface area contributed by atoms with E-state index in [4.69, 9.17) is 4.43 Å². The summed E-state index contributed by atoms with van der Waals surface area (Å²) in [7, 11) is -2.74. The number of aliphatic hydroxyl groups is 2. The highest BCUT2D eigenvalue weighted by Crippen LogP contribution is 2.61. The van der Waals surface area contributed by atoms with E-state index in [9.17, 15) is 15.0 Å². The van der Waals surface area contributed by atoms with Gasteiger partial charge in [-0.05, 0) is 70.3 Å². The molecule has 4 nitrogen and oxygen atoms in total. The monoisotopic (exact) mass is 576 g/mol. The summed E-state index contributed by atoms with van der Waals surface area (Å²) in [6.07, 6.45) is 3.47. The number of rotatable bonds is 9. The number of hydrogen-bond donors (Lipinski definition) is 2.